The van der Waals surface area contributed by atoms with Crippen LogP contribution in [0.3, 0.4) is 0 Å². The zero-order valence-electron chi connectivity index (χ0n) is 24.4. The molecule has 0 bridgehead atoms. The Morgan fingerprint density at radius 3 is 2.16 bits per heavy atom. The lowest BCUT2D eigenvalue weighted by Gasteiger charge is -2.26. The predicted molar refractivity (Wildman–Crippen MR) is 163 cm³/mol. The molecule has 0 spiro atoms. The maximum Gasteiger partial charge on any atom is 0.217 e. The molecule has 1 fully saturated rings. The van der Waals surface area contributed by atoms with E-state index in [0.29, 0.717) is 6.04 Å². The minimum atomic E-state index is -0.0620. The Kier molecular flexibility index (Phi) is 14.9. The quantitative estimate of drug-likeness (QED) is 0.322. The number of benzene rings is 2. The Morgan fingerprint density at radius 2 is 1.55 bits per heavy atom. The molecule has 0 aromatic heterocycles. The molecule has 2 aliphatic rings. The van der Waals surface area contributed by atoms with Gasteiger partial charge in [0.15, 0.2) is 0 Å². The first-order valence-electron chi connectivity index (χ1n) is 14.7. The molecule has 2 aromatic rings. The van der Waals surface area contributed by atoms with Gasteiger partial charge in [0.1, 0.15) is 12.0 Å². The van der Waals surface area contributed by atoms with Crippen LogP contribution in [0.15, 0.2) is 71.4 Å². The first kappa shape index (κ1) is 31.1. The number of carbonyl (C=O) groups excluding carboxylic acids is 1. The summed E-state index contributed by atoms with van der Waals surface area (Å²) in [6.07, 6.45) is 14.9. The number of para-hydroxylation sites is 1. The summed E-state index contributed by atoms with van der Waals surface area (Å²) in [4.78, 5) is 15.5. The second-order valence-electron chi connectivity index (χ2n) is 10.1. The van der Waals surface area contributed by atoms with Crippen molar-refractivity contribution in [3.05, 3.63) is 77.5 Å². The largest absolute Gasteiger partial charge is 0.359 e. The molecule has 1 unspecified atom stereocenters. The highest BCUT2D eigenvalue weighted by atomic mass is 16.1. The second-order valence-corrected chi connectivity index (χ2v) is 10.1. The van der Waals surface area contributed by atoms with Gasteiger partial charge in [-0.1, -0.05) is 114 Å². The standard InChI is InChI=1S/C19H21N3.C8H15NO.C6H14/c1-3-9-14(2)20-19-16-12-7-8-13-17(16)21-18(22-19)15-10-5-4-6-11-15;1-7(10)9-8-5-3-2-4-6-8;1-3-5-6-4-2/h4-13,18,21H,3H2,1-2H3,(H,20,22);8H,2-6H2,1H3,(H,9,10);3-6H2,1-2H3/b14-9+;;. The van der Waals surface area contributed by atoms with Crippen LogP contribution in [0.5, 0.6) is 0 Å². The van der Waals surface area contributed by atoms with Crippen molar-refractivity contribution in [3.63, 3.8) is 0 Å². The first-order chi connectivity index (χ1) is 18.5. The Labute approximate surface area is 231 Å². The number of rotatable bonds is 7. The van der Waals surface area contributed by atoms with E-state index in [1.165, 1.54) is 57.8 Å². The topological polar surface area (TPSA) is 65.5 Å². The lowest BCUT2D eigenvalue weighted by Crippen LogP contribution is -2.34. The summed E-state index contributed by atoms with van der Waals surface area (Å²) in [7, 11) is 0. The molecule has 0 radical (unpaired) electrons. The summed E-state index contributed by atoms with van der Waals surface area (Å²) >= 11 is 0. The third kappa shape index (κ3) is 11.5. The molecule has 208 valence electrons. The van der Waals surface area contributed by atoms with Gasteiger partial charge in [-0.2, -0.15) is 0 Å². The second kappa shape index (κ2) is 18.2. The van der Waals surface area contributed by atoms with Gasteiger partial charge in [0.25, 0.3) is 0 Å². The number of hydrogen-bond acceptors (Lipinski definition) is 4. The van der Waals surface area contributed by atoms with Crippen molar-refractivity contribution in [2.24, 2.45) is 4.99 Å². The van der Waals surface area contributed by atoms with Gasteiger partial charge in [0.05, 0.1) is 0 Å². The molecule has 5 nitrogen and oxygen atoms in total. The number of carbonyl (C=O) groups is 1. The number of anilines is 1. The van der Waals surface area contributed by atoms with Gasteiger partial charge in [-0.05, 0) is 43.9 Å². The fraction of sp³-hybridized carbons (Fsp3) is 0.515. The summed E-state index contributed by atoms with van der Waals surface area (Å²) in [5.41, 5.74) is 4.51. The molecule has 2 aromatic carbocycles. The number of amides is 1. The number of nitrogens with one attached hydrogen (secondary N) is 3. The Hall–Kier alpha value is -3.08. The van der Waals surface area contributed by atoms with E-state index in [1.807, 2.05) is 30.3 Å². The van der Waals surface area contributed by atoms with Crippen LogP contribution < -0.4 is 16.0 Å². The number of aliphatic imine (C=N–C) groups is 1. The molecule has 1 aliphatic carbocycles. The van der Waals surface area contributed by atoms with E-state index >= 15 is 0 Å². The van der Waals surface area contributed by atoms with Gasteiger partial charge in [0.2, 0.25) is 5.91 Å². The summed E-state index contributed by atoms with van der Waals surface area (Å²) in [6.45, 7) is 10.3. The lowest BCUT2D eigenvalue weighted by molar-refractivity contribution is -0.119. The molecule has 1 saturated carbocycles. The summed E-state index contributed by atoms with van der Waals surface area (Å²) in [5, 5.41) is 9.89. The minimum Gasteiger partial charge on any atom is -0.359 e. The number of hydrogen-bond donors (Lipinski definition) is 3. The van der Waals surface area contributed by atoms with Crippen molar-refractivity contribution in [1.29, 1.82) is 0 Å². The monoisotopic (exact) mass is 518 g/mol. The molecule has 0 saturated heterocycles. The number of amidine groups is 1. The van der Waals surface area contributed by atoms with Crippen LogP contribution in [0.4, 0.5) is 5.69 Å². The third-order valence-electron chi connectivity index (χ3n) is 6.64. The molecule has 5 heteroatoms. The van der Waals surface area contributed by atoms with E-state index in [2.05, 4.69) is 74.0 Å². The van der Waals surface area contributed by atoms with Gasteiger partial charge in [-0.3, -0.25) is 4.79 Å². The smallest absolute Gasteiger partial charge is 0.217 e. The molecule has 3 N–H and O–H groups in total. The Morgan fingerprint density at radius 1 is 0.921 bits per heavy atom. The van der Waals surface area contributed by atoms with Crippen molar-refractivity contribution in [1.82, 2.24) is 10.6 Å². The molecular formula is C33H50N4O. The summed E-state index contributed by atoms with van der Waals surface area (Å²) < 4.78 is 0. The van der Waals surface area contributed by atoms with Gasteiger partial charge in [-0.15, -0.1) is 0 Å². The van der Waals surface area contributed by atoms with Crippen LogP contribution >= 0.6 is 0 Å². The van der Waals surface area contributed by atoms with Gasteiger partial charge >= 0.3 is 0 Å². The number of unbranched alkanes of at least 4 members (excludes halogenated alkanes) is 3. The van der Waals surface area contributed by atoms with Crippen LogP contribution in [0.1, 0.15) is 116 Å². The van der Waals surface area contributed by atoms with Crippen LogP contribution in [0.25, 0.3) is 0 Å². The average Bonchev–Trinajstić information content (AvgIpc) is 2.93. The van der Waals surface area contributed by atoms with Crippen LogP contribution in [0.2, 0.25) is 0 Å². The summed E-state index contributed by atoms with van der Waals surface area (Å²) in [6, 6.07) is 19.1. The van der Waals surface area contributed by atoms with Crippen molar-refractivity contribution >= 4 is 17.4 Å². The molecule has 1 heterocycles. The van der Waals surface area contributed by atoms with Crippen molar-refractivity contribution < 1.29 is 4.79 Å². The molecule has 38 heavy (non-hydrogen) atoms. The maximum atomic E-state index is 10.6. The zero-order chi connectivity index (χ0) is 27.6. The molecule has 4 rings (SSSR count). The fourth-order valence-corrected chi connectivity index (χ4v) is 4.66. The molecule has 1 atom stereocenters. The zero-order valence-corrected chi connectivity index (χ0v) is 24.4. The van der Waals surface area contributed by atoms with Crippen molar-refractivity contribution in [3.8, 4) is 0 Å². The average molecular weight is 519 g/mol. The van der Waals surface area contributed by atoms with E-state index in [4.69, 9.17) is 4.99 Å². The SMILES string of the molecule is CC(=O)NC1CCCCC1.CC/C=C(\C)NC1=NC(c2ccccc2)Nc2ccccc21.CCCCCC. The normalized spacial score (nSPS) is 16.8. The highest BCUT2D eigenvalue weighted by Gasteiger charge is 2.21. The van der Waals surface area contributed by atoms with Crippen molar-refractivity contribution in [2.45, 2.75) is 111 Å². The highest BCUT2D eigenvalue weighted by molar-refractivity contribution is 6.05. The van der Waals surface area contributed by atoms with Gasteiger partial charge < -0.3 is 16.0 Å². The lowest BCUT2D eigenvalue weighted by atomic mass is 9.95. The third-order valence-corrected chi connectivity index (χ3v) is 6.64. The minimum absolute atomic E-state index is 0.0620. The van der Waals surface area contributed by atoms with Gasteiger partial charge in [0, 0.05) is 29.9 Å². The van der Waals surface area contributed by atoms with Crippen LogP contribution in [-0.2, 0) is 4.79 Å². The molecule has 1 amide bonds. The maximum absolute atomic E-state index is 10.6. The Bertz CT molecular complexity index is 989. The van der Waals surface area contributed by atoms with E-state index in [1.54, 1.807) is 6.92 Å². The van der Waals surface area contributed by atoms with Gasteiger partial charge in [-0.25, -0.2) is 4.99 Å². The predicted octanol–water partition coefficient (Wildman–Crippen LogP) is 8.50. The van der Waals surface area contributed by atoms with E-state index < -0.39 is 0 Å². The van der Waals surface area contributed by atoms with E-state index in [-0.39, 0.29) is 12.1 Å². The Balaban J connectivity index is 0.000000262. The van der Waals surface area contributed by atoms with E-state index in [9.17, 15) is 4.79 Å². The first-order valence-corrected chi connectivity index (χ1v) is 14.7. The van der Waals surface area contributed by atoms with Crippen LogP contribution in [0, 0.1) is 0 Å². The molecule has 1 aliphatic heterocycles. The molecular weight excluding hydrogens is 468 g/mol. The van der Waals surface area contributed by atoms with Crippen LogP contribution in [-0.4, -0.2) is 17.8 Å². The number of nitrogens with zero attached hydrogens (tertiary/aromatic N) is 1. The van der Waals surface area contributed by atoms with Crippen molar-refractivity contribution in [2.75, 3.05) is 5.32 Å². The number of fused-ring (bicyclic) bond motifs is 1. The highest BCUT2D eigenvalue weighted by Crippen LogP contribution is 2.29. The number of allylic oxidation sites excluding steroid dienone is 2. The fourth-order valence-electron chi connectivity index (χ4n) is 4.66. The van der Waals surface area contributed by atoms with E-state index in [0.717, 1.165) is 34.8 Å². The summed E-state index contributed by atoms with van der Waals surface area (Å²) in [5.74, 6) is 1.04.